The number of halogens is 1. The second kappa shape index (κ2) is 7.05. The van der Waals surface area contributed by atoms with E-state index in [2.05, 4.69) is 9.42 Å². The average Bonchev–Trinajstić information content (AvgIpc) is 1.94. The maximum absolute atomic E-state index is 7.27. The van der Waals surface area contributed by atoms with E-state index in [1.807, 2.05) is 0 Å². The maximum Gasteiger partial charge on any atom is -0.0534 e. The summed E-state index contributed by atoms with van der Waals surface area (Å²) in [6.07, 6.45) is 6.28. The van der Waals surface area contributed by atoms with Crippen LogP contribution in [0, 0.1) is 0 Å². The molecule has 9 heavy (non-hydrogen) atoms. The Hall–Kier alpha value is 0.938. The van der Waals surface area contributed by atoms with Crippen LogP contribution in [0.25, 0.3) is 5.73 Å². The molecule has 1 fully saturated rings. The van der Waals surface area contributed by atoms with Gasteiger partial charge in [0.15, 0.2) is 0 Å². The van der Waals surface area contributed by atoms with Crippen molar-refractivity contribution in [2.45, 2.75) is 38.1 Å². The topological polar surface area (TPSA) is 23.8 Å². The molecule has 58 valence electrons. The summed E-state index contributed by atoms with van der Waals surface area (Å²) in [6, 6.07) is 0.286. The molecule has 0 unspecified atom stereocenters. The van der Waals surface area contributed by atoms with Crippen molar-refractivity contribution >= 4 is 9.42 Å². The molecule has 0 aromatic heterocycles. The zero-order chi connectivity index (χ0) is 7.11. The predicted octanol–water partition coefficient (Wildman–Crippen LogP) is 3.06. The number of hydrogen-bond donors (Lipinski definition) is 0. The Balaban J connectivity index is 0.000000291. The van der Waals surface area contributed by atoms with E-state index in [1.54, 1.807) is 18.8 Å². The summed E-state index contributed by atoms with van der Waals surface area (Å²) in [4.78, 5) is 0. The average molecular weight is 329 g/mol. The standard InChI is InChI=1S/C6H12N.ClH.Pt/c7-6-4-2-1-3-5-6;;/h6-7H,1-5H2;1H;/q-1;;+2/p-1. The van der Waals surface area contributed by atoms with Crippen molar-refractivity contribution in [1.82, 2.24) is 0 Å². The summed E-state index contributed by atoms with van der Waals surface area (Å²) in [7, 11) is 4.61. The van der Waals surface area contributed by atoms with Gasteiger partial charge in [-0.05, 0) is 0 Å². The summed E-state index contributed by atoms with van der Waals surface area (Å²) >= 11 is 1.61. The number of nitrogens with one attached hydrogen (secondary N) is 1. The number of rotatable bonds is 0. The molecule has 1 rings (SSSR count). The summed E-state index contributed by atoms with van der Waals surface area (Å²) in [5.41, 5.74) is 7.27. The Labute approximate surface area is 72.2 Å². The van der Waals surface area contributed by atoms with E-state index in [-0.39, 0.29) is 6.04 Å². The van der Waals surface area contributed by atoms with Gasteiger partial charge in [0, 0.05) is 0 Å². The number of hydrogen-bond acceptors (Lipinski definition) is 0. The Morgan fingerprint density at radius 1 is 1.11 bits per heavy atom. The zero-order valence-corrected chi connectivity index (χ0v) is 8.34. The molecule has 1 nitrogen and oxygen atoms in total. The van der Waals surface area contributed by atoms with Gasteiger partial charge in [-0.1, -0.05) is 32.1 Å². The van der Waals surface area contributed by atoms with Crippen molar-refractivity contribution in [2.24, 2.45) is 0 Å². The van der Waals surface area contributed by atoms with Crippen molar-refractivity contribution < 1.29 is 18.8 Å². The fourth-order valence-corrected chi connectivity index (χ4v) is 1.10. The molecule has 0 spiro atoms. The molecule has 0 aromatic carbocycles. The van der Waals surface area contributed by atoms with Crippen LogP contribution >= 0.6 is 9.42 Å². The normalized spacial score (nSPS) is 20.4. The van der Waals surface area contributed by atoms with E-state index in [9.17, 15) is 0 Å². The molecule has 1 aliphatic rings. The van der Waals surface area contributed by atoms with Crippen LogP contribution in [0.2, 0.25) is 0 Å². The van der Waals surface area contributed by atoms with E-state index >= 15 is 0 Å². The van der Waals surface area contributed by atoms with Crippen molar-refractivity contribution in [3.05, 3.63) is 5.73 Å². The smallest absolute Gasteiger partial charge is 0.0534 e. The molecule has 0 aliphatic heterocycles. The molecule has 0 atom stereocenters. The minimum absolute atomic E-state index is 0.286. The van der Waals surface area contributed by atoms with Gasteiger partial charge in [-0.3, -0.25) is 0 Å². The van der Waals surface area contributed by atoms with Gasteiger partial charge >= 0.3 is 28.2 Å². The zero-order valence-electron chi connectivity index (χ0n) is 5.31. The van der Waals surface area contributed by atoms with Crippen molar-refractivity contribution in [1.29, 1.82) is 0 Å². The molecule has 0 saturated heterocycles. The first-order valence-electron chi connectivity index (χ1n) is 3.22. The van der Waals surface area contributed by atoms with Crippen molar-refractivity contribution in [2.75, 3.05) is 0 Å². The van der Waals surface area contributed by atoms with Gasteiger partial charge in [-0.2, -0.15) is 0 Å². The molecular weight excluding hydrogens is 317 g/mol. The molecule has 1 N–H and O–H groups in total. The summed E-state index contributed by atoms with van der Waals surface area (Å²) < 4.78 is 0. The summed E-state index contributed by atoms with van der Waals surface area (Å²) in [5, 5.41) is 0. The third-order valence-electron chi connectivity index (χ3n) is 1.61. The first-order chi connectivity index (χ1) is 4.39. The van der Waals surface area contributed by atoms with Gasteiger partial charge in [0.1, 0.15) is 0 Å². The first kappa shape index (κ1) is 9.94. The van der Waals surface area contributed by atoms with Crippen LogP contribution in [0.5, 0.6) is 0 Å². The van der Waals surface area contributed by atoms with Gasteiger partial charge < -0.3 is 5.73 Å². The SMILES string of the molecule is [Cl][Pt+].[NH-]C1CCCCC1. The van der Waals surface area contributed by atoms with Crippen LogP contribution in [0.1, 0.15) is 32.1 Å². The molecule has 0 heterocycles. The fourth-order valence-electron chi connectivity index (χ4n) is 1.10. The minimum Gasteiger partial charge on any atom is -0.675 e. The first-order valence-corrected chi connectivity index (χ1v) is 6.04. The minimum atomic E-state index is 0.286. The third kappa shape index (κ3) is 5.39. The van der Waals surface area contributed by atoms with E-state index in [0.29, 0.717) is 0 Å². The van der Waals surface area contributed by atoms with E-state index in [1.165, 1.54) is 19.3 Å². The van der Waals surface area contributed by atoms with Crippen LogP contribution in [-0.4, -0.2) is 6.04 Å². The van der Waals surface area contributed by atoms with Crippen molar-refractivity contribution in [3.63, 3.8) is 0 Å². The van der Waals surface area contributed by atoms with Crippen LogP contribution in [0.15, 0.2) is 0 Å². The quantitative estimate of drug-likeness (QED) is 0.653. The van der Waals surface area contributed by atoms with Gasteiger partial charge in [0.05, 0.1) is 0 Å². The molecule has 1 saturated carbocycles. The van der Waals surface area contributed by atoms with E-state index in [4.69, 9.17) is 5.73 Å². The van der Waals surface area contributed by atoms with Crippen LogP contribution < -0.4 is 0 Å². The van der Waals surface area contributed by atoms with Crippen molar-refractivity contribution in [3.8, 4) is 0 Å². The van der Waals surface area contributed by atoms with Crippen LogP contribution in [0.3, 0.4) is 0 Å². The Kier molecular flexibility index (Phi) is 7.79. The predicted molar refractivity (Wildman–Crippen MR) is 37.0 cm³/mol. The molecule has 1 aliphatic carbocycles. The molecule has 0 aromatic rings. The van der Waals surface area contributed by atoms with Gasteiger partial charge in [0.2, 0.25) is 0 Å². The van der Waals surface area contributed by atoms with E-state index in [0.717, 1.165) is 12.8 Å². The van der Waals surface area contributed by atoms with E-state index < -0.39 is 0 Å². The molecule has 0 amide bonds. The Morgan fingerprint density at radius 2 is 1.56 bits per heavy atom. The Bertz CT molecular complexity index is 55.0. The monoisotopic (exact) mass is 328 g/mol. The third-order valence-corrected chi connectivity index (χ3v) is 1.61. The largest absolute Gasteiger partial charge is 0.675 e. The molecular formula is C6H12ClNPt. The second-order valence-corrected chi connectivity index (χ2v) is 2.33. The maximum atomic E-state index is 7.27. The van der Waals surface area contributed by atoms with Gasteiger partial charge in [-0.25, -0.2) is 0 Å². The second-order valence-electron chi connectivity index (χ2n) is 2.33. The fraction of sp³-hybridized carbons (Fsp3) is 1.00. The van der Waals surface area contributed by atoms with Crippen LogP contribution in [0.4, 0.5) is 0 Å². The summed E-state index contributed by atoms with van der Waals surface area (Å²) in [5.74, 6) is 0. The summed E-state index contributed by atoms with van der Waals surface area (Å²) in [6.45, 7) is 0. The Morgan fingerprint density at radius 3 is 1.78 bits per heavy atom. The van der Waals surface area contributed by atoms with Gasteiger partial charge in [-0.15, -0.1) is 6.04 Å². The molecule has 0 bridgehead atoms. The van der Waals surface area contributed by atoms with Crippen LogP contribution in [-0.2, 0) is 18.8 Å². The molecule has 3 heteroatoms. The van der Waals surface area contributed by atoms with Gasteiger partial charge in [0.25, 0.3) is 0 Å². The molecule has 0 radical (unpaired) electrons.